The van der Waals surface area contributed by atoms with Crippen LogP contribution in [0.4, 0.5) is 0 Å². The lowest BCUT2D eigenvalue weighted by Crippen LogP contribution is -2.49. The molecule has 2 fully saturated rings. The summed E-state index contributed by atoms with van der Waals surface area (Å²) in [5, 5.41) is 3.23. The molecule has 1 amide bonds. The molecule has 1 N–H and O–H groups in total. The van der Waals surface area contributed by atoms with E-state index in [4.69, 9.17) is 0 Å². The van der Waals surface area contributed by atoms with Crippen molar-refractivity contribution in [1.29, 1.82) is 0 Å². The topological polar surface area (TPSA) is 32.3 Å². The Bertz CT molecular complexity index is 292. The minimum atomic E-state index is 0.240. The number of thioether (sulfide) groups is 1. The van der Waals surface area contributed by atoms with Gasteiger partial charge in [-0.05, 0) is 44.4 Å². The summed E-state index contributed by atoms with van der Waals surface area (Å²) in [7, 11) is 0. The SMILES string of the molecule is CSCCC(=O)N[C@H]1CCCN(CC2CCCCC2)C1. The first-order valence-electron chi connectivity index (χ1n) is 8.28. The maximum atomic E-state index is 11.8. The van der Waals surface area contributed by atoms with E-state index in [0.717, 1.165) is 24.6 Å². The van der Waals surface area contributed by atoms with Gasteiger partial charge in [-0.15, -0.1) is 0 Å². The zero-order valence-corrected chi connectivity index (χ0v) is 13.7. The van der Waals surface area contributed by atoms with Crippen molar-refractivity contribution in [3.05, 3.63) is 0 Å². The third-order valence-electron chi connectivity index (χ3n) is 4.65. The lowest BCUT2D eigenvalue weighted by Gasteiger charge is -2.36. The molecule has 3 nitrogen and oxygen atoms in total. The van der Waals surface area contributed by atoms with Crippen LogP contribution < -0.4 is 5.32 Å². The Balaban J connectivity index is 1.69. The first-order chi connectivity index (χ1) is 9.78. The van der Waals surface area contributed by atoms with E-state index in [-0.39, 0.29) is 5.91 Å². The molecule has 0 aromatic heterocycles. The van der Waals surface area contributed by atoms with Crippen molar-refractivity contribution in [1.82, 2.24) is 10.2 Å². The molecule has 4 heteroatoms. The number of nitrogens with zero attached hydrogens (tertiary/aromatic N) is 1. The van der Waals surface area contributed by atoms with E-state index in [1.807, 2.05) is 0 Å². The second-order valence-electron chi connectivity index (χ2n) is 6.41. The molecule has 1 atom stereocenters. The highest BCUT2D eigenvalue weighted by Gasteiger charge is 2.24. The predicted octanol–water partition coefficient (Wildman–Crippen LogP) is 2.90. The Morgan fingerprint density at radius 1 is 1.20 bits per heavy atom. The van der Waals surface area contributed by atoms with Crippen LogP contribution in [0.1, 0.15) is 51.4 Å². The van der Waals surface area contributed by atoms with E-state index >= 15 is 0 Å². The van der Waals surface area contributed by atoms with Gasteiger partial charge in [0.15, 0.2) is 0 Å². The molecule has 1 saturated heterocycles. The average Bonchev–Trinajstić information content (AvgIpc) is 2.46. The monoisotopic (exact) mass is 298 g/mol. The molecule has 1 heterocycles. The summed E-state index contributed by atoms with van der Waals surface area (Å²) >= 11 is 1.74. The predicted molar refractivity (Wildman–Crippen MR) is 87.2 cm³/mol. The van der Waals surface area contributed by atoms with Gasteiger partial charge >= 0.3 is 0 Å². The summed E-state index contributed by atoms with van der Waals surface area (Å²) in [4.78, 5) is 14.4. The summed E-state index contributed by atoms with van der Waals surface area (Å²) in [6.45, 7) is 3.56. The molecule has 1 aliphatic heterocycles. The lowest BCUT2D eigenvalue weighted by atomic mass is 9.88. The standard InChI is InChI=1S/C16H30N2OS/c1-20-11-9-16(19)17-15-8-5-10-18(13-15)12-14-6-3-2-4-7-14/h14-15H,2-13H2,1H3,(H,17,19)/t15-/m0/s1. The van der Waals surface area contributed by atoms with Crippen LogP contribution in [0.3, 0.4) is 0 Å². The maximum absolute atomic E-state index is 11.8. The summed E-state index contributed by atoms with van der Waals surface area (Å²) in [5.74, 6) is 2.09. The fraction of sp³-hybridized carbons (Fsp3) is 0.938. The number of nitrogens with one attached hydrogen (secondary N) is 1. The van der Waals surface area contributed by atoms with Crippen LogP contribution in [0.2, 0.25) is 0 Å². The van der Waals surface area contributed by atoms with Gasteiger partial charge in [-0.25, -0.2) is 0 Å². The Kier molecular flexibility index (Phi) is 7.22. The second kappa shape index (κ2) is 8.93. The summed E-state index contributed by atoms with van der Waals surface area (Å²) in [6, 6.07) is 0.390. The number of carbonyl (C=O) groups excluding carboxylic acids is 1. The first kappa shape index (κ1) is 16.2. The van der Waals surface area contributed by atoms with Gasteiger partial charge in [-0.1, -0.05) is 19.3 Å². The van der Waals surface area contributed by atoms with E-state index in [1.165, 1.54) is 51.6 Å². The highest BCUT2D eigenvalue weighted by molar-refractivity contribution is 7.98. The van der Waals surface area contributed by atoms with Crippen LogP contribution in [-0.4, -0.2) is 48.5 Å². The molecule has 0 radical (unpaired) electrons. The van der Waals surface area contributed by atoms with E-state index in [9.17, 15) is 4.79 Å². The van der Waals surface area contributed by atoms with E-state index in [0.29, 0.717) is 12.5 Å². The van der Waals surface area contributed by atoms with Crippen molar-refractivity contribution in [3.63, 3.8) is 0 Å². The van der Waals surface area contributed by atoms with Crippen molar-refractivity contribution in [2.24, 2.45) is 5.92 Å². The quantitative estimate of drug-likeness (QED) is 0.818. The first-order valence-corrected chi connectivity index (χ1v) is 9.68. The van der Waals surface area contributed by atoms with Crippen LogP contribution >= 0.6 is 11.8 Å². The molecular formula is C16H30N2OS. The largest absolute Gasteiger partial charge is 0.352 e. The number of hydrogen-bond acceptors (Lipinski definition) is 3. The Morgan fingerprint density at radius 3 is 2.75 bits per heavy atom. The molecule has 0 aromatic carbocycles. The van der Waals surface area contributed by atoms with E-state index in [1.54, 1.807) is 11.8 Å². The normalized spacial score (nSPS) is 25.6. The van der Waals surface area contributed by atoms with Gasteiger partial charge in [0.1, 0.15) is 0 Å². The van der Waals surface area contributed by atoms with Crippen LogP contribution in [0.15, 0.2) is 0 Å². The third-order valence-corrected chi connectivity index (χ3v) is 5.26. The Hall–Kier alpha value is -0.220. The van der Waals surface area contributed by atoms with E-state index < -0.39 is 0 Å². The summed E-state index contributed by atoms with van der Waals surface area (Å²) < 4.78 is 0. The molecule has 1 aliphatic carbocycles. The minimum Gasteiger partial charge on any atom is -0.352 e. The van der Waals surface area contributed by atoms with Gasteiger partial charge in [0.25, 0.3) is 0 Å². The lowest BCUT2D eigenvalue weighted by molar-refractivity contribution is -0.121. The number of amides is 1. The highest BCUT2D eigenvalue weighted by atomic mass is 32.2. The van der Waals surface area contributed by atoms with Crippen LogP contribution in [0.25, 0.3) is 0 Å². The maximum Gasteiger partial charge on any atom is 0.221 e. The molecule has 1 saturated carbocycles. The average molecular weight is 298 g/mol. The molecule has 0 spiro atoms. The number of rotatable bonds is 6. The molecule has 0 bridgehead atoms. The van der Waals surface area contributed by atoms with Crippen molar-refractivity contribution < 1.29 is 4.79 Å². The number of piperidine rings is 1. The van der Waals surface area contributed by atoms with Crippen LogP contribution in [0.5, 0.6) is 0 Å². The molecule has 20 heavy (non-hydrogen) atoms. The smallest absolute Gasteiger partial charge is 0.221 e. The van der Waals surface area contributed by atoms with Gasteiger partial charge in [-0.2, -0.15) is 11.8 Å². The summed E-state index contributed by atoms with van der Waals surface area (Å²) in [6.07, 6.45) is 12.2. The summed E-state index contributed by atoms with van der Waals surface area (Å²) in [5.41, 5.74) is 0. The third kappa shape index (κ3) is 5.65. The second-order valence-corrected chi connectivity index (χ2v) is 7.40. The van der Waals surface area contributed by atoms with Gasteiger partial charge < -0.3 is 10.2 Å². The van der Waals surface area contributed by atoms with E-state index in [2.05, 4.69) is 16.5 Å². The van der Waals surface area contributed by atoms with Crippen molar-refractivity contribution >= 4 is 17.7 Å². The minimum absolute atomic E-state index is 0.240. The van der Waals surface area contributed by atoms with Crippen molar-refractivity contribution in [2.45, 2.75) is 57.4 Å². The van der Waals surface area contributed by atoms with Gasteiger partial charge in [-0.3, -0.25) is 4.79 Å². The van der Waals surface area contributed by atoms with Crippen molar-refractivity contribution in [2.75, 3.05) is 31.6 Å². The van der Waals surface area contributed by atoms with Gasteiger partial charge in [0, 0.05) is 31.3 Å². The molecule has 116 valence electrons. The molecule has 2 rings (SSSR count). The number of likely N-dealkylation sites (tertiary alicyclic amines) is 1. The fourth-order valence-corrected chi connectivity index (χ4v) is 3.96. The Morgan fingerprint density at radius 2 is 2.00 bits per heavy atom. The molecule has 0 unspecified atom stereocenters. The van der Waals surface area contributed by atoms with Crippen LogP contribution in [-0.2, 0) is 4.79 Å². The Labute approximate surface area is 128 Å². The zero-order chi connectivity index (χ0) is 14.2. The van der Waals surface area contributed by atoms with Gasteiger partial charge in [0.2, 0.25) is 5.91 Å². The van der Waals surface area contributed by atoms with Crippen molar-refractivity contribution in [3.8, 4) is 0 Å². The van der Waals surface area contributed by atoms with Crippen LogP contribution in [0, 0.1) is 5.92 Å². The van der Waals surface area contributed by atoms with Gasteiger partial charge in [0.05, 0.1) is 0 Å². The fourth-order valence-electron chi connectivity index (χ4n) is 3.57. The zero-order valence-electron chi connectivity index (χ0n) is 12.9. The molecular weight excluding hydrogens is 268 g/mol. The molecule has 0 aromatic rings. The number of carbonyl (C=O) groups is 1. The molecule has 2 aliphatic rings. The number of hydrogen-bond donors (Lipinski definition) is 1. The highest BCUT2D eigenvalue weighted by Crippen LogP contribution is 2.25.